The van der Waals surface area contributed by atoms with Crippen molar-refractivity contribution in [3.05, 3.63) is 11.9 Å². The molecule has 0 N–H and O–H groups in total. The van der Waals surface area contributed by atoms with Gasteiger partial charge in [0, 0.05) is 16.8 Å². The van der Waals surface area contributed by atoms with Crippen LogP contribution in [-0.2, 0) is 14.1 Å². The van der Waals surface area contributed by atoms with E-state index in [9.17, 15) is 9.36 Å². The van der Waals surface area contributed by atoms with Crippen LogP contribution >= 0.6 is 28.3 Å². The van der Waals surface area contributed by atoms with Crippen LogP contribution in [0.15, 0.2) is 11.9 Å². The number of hydrogen-bond donors (Lipinski definition) is 0. The van der Waals surface area contributed by atoms with E-state index in [2.05, 4.69) is 6.58 Å². The van der Waals surface area contributed by atoms with Crippen molar-refractivity contribution in [2.75, 3.05) is 18.1 Å². The Morgan fingerprint density at radius 2 is 2.07 bits per heavy atom. The summed E-state index contributed by atoms with van der Waals surface area (Å²) in [5, 5.41) is 0.536. The Balaban J connectivity index is 2.67. The molecule has 1 rings (SSSR count). The second kappa shape index (κ2) is 5.46. The van der Waals surface area contributed by atoms with Crippen LogP contribution in [0, 0.1) is 5.92 Å². The molecule has 6 heteroatoms. The van der Waals surface area contributed by atoms with Gasteiger partial charge in [-0.1, -0.05) is 29.3 Å². The molecule has 0 bridgehead atoms. The van der Waals surface area contributed by atoms with Crippen LogP contribution in [-0.4, -0.2) is 24.1 Å². The van der Waals surface area contributed by atoms with Crippen molar-refractivity contribution in [1.82, 2.24) is 0 Å². The summed E-state index contributed by atoms with van der Waals surface area (Å²) in [7, 11) is 0. The molecular formula is C9H15O3PS2. The third kappa shape index (κ3) is 3.05. The first-order valence-corrected chi connectivity index (χ1v) is 9.65. The summed E-state index contributed by atoms with van der Waals surface area (Å²) in [4.78, 5) is 11.5. The standard InChI is InChI=1S/C9H15O3PS2/c1-4-12-9(10)7(2)8(3)13(11)14-5-6-15-13/h7H,3-6H2,1-2H3. The van der Waals surface area contributed by atoms with Crippen LogP contribution in [0.25, 0.3) is 0 Å². The van der Waals surface area contributed by atoms with E-state index in [4.69, 9.17) is 4.74 Å². The van der Waals surface area contributed by atoms with Gasteiger partial charge in [0.2, 0.25) is 5.55 Å². The molecule has 86 valence electrons. The van der Waals surface area contributed by atoms with E-state index >= 15 is 0 Å². The summed E-state index contributed by atoms with van der Waals surface area (Å²) in [6.45, 7) is 7.62. The van der Waals surface area contributed by atoms with Crippen molar-refractivity contribution < 1.29 is 14.1 Å². The van der Waals surface area contributed by atoms with Gasteiger partial charge in [0.15, 0.2) is 0 Å². The van der Waals surface area contributed by atoms with Crippen molar-refractivity contribution in [3.8, 4) is 0 Å². The molecule has 1 unspecified atom stereocenters. The van der Waals surface area contributed by atoms with E-state index in [1.165, 1.54) is 22.8 Å². The Morgan fingerprint density at radius 1 is 1.53 bits per heavy atom. The minimum absolute atomic E-state index is 0.328. The molecule has 0 spiro atoms. The van der Waals surface area contributed by atoms with Gasteiger partial charge in [0.1, 0.15) is 0 Å². The highest BCUT2D eigenvalue weighted by Gasteiger charge is 2.37. The molecule has 15 heavy (non-hydrogen) atoms. The molecule has 1 atom stereocenters. The molecule has 0 aromatic rings. The maximum absolute atomic E-state index is 12.3. The van der Waals surface area contributed by atoms with Crippen molar-refractivity contribution in [1.29, 1.82) is 0 Å². The maximum Gasteiger partial charge on any atom is 0.313 e. The largest absolute Gasteiger partial charge is 0.466 e. The molecule has 1 heterocycles. The molecule has 0 aromatic carbocycles. The zero-order valence-corrected chi connectivity index (χ0v) is 11.4. The smallest absolute Gasteiger partial charge is 0.313 e. The zero-order chi connectivity index (χ0) is 11.5. The van der Waals surface area contributed by atoms with E-state index in [1.54, 1.807) is 13.8 Å². The average Bonchev–Trinajstić information content (AvgIpc) is 2.64. The zero-order valence-electron chi connectivity index (χ0n) is 8.89. The lowest BCUT2D eigenvalue weighted by atomic mass is 10.2. The normalized spacial score (nSPS) is 20.9. The number of carbonyl (C=O) groups is 1. The maximum atomic E-state index is 12.3. The Hall–Kier alpha value is 0.140. The summed E-state index contributed by atoms with van der Waals surface area (Å²) in [5.74, 6) is 0.951. The van der Waals surface area contributed by atoms with Gasteiger partial charge < -0.3 is 4.74 Å². The predicted molar refractivity (Wildman–Crippen MR) is 67.5 cm³/mol. The van der Waals surface area contributed by atoms with Crippen LogP contribution in [0.1, 0.15) is 13.8 Å². The predicted octanol–water partition coefficient (Wildman–Crippen LogP) is 3.37. The summed E-state index contributed by atoms with van der Waals surface area (Å²) < 4.78 is 17.2. The van der Waals surface area contributed by atoms with Crippen LogP contribution in [0.4, 0.5) is 0 Å². The SMILES string of the molecule is C=C(C(C)C(=O)OCC)P1(=O)SCCS1. The van der Waals surface area contributed by atoms with E-state index in [0.29, 0.717) is 11.9 Å². The lowest BCUT2D eigenvalue weighted by molar-refractivity contribution is -0.145. The summed E-state index contributed by atoms with van der Waals surface area (Å²) >= 11 is 2.86. The Bertz CT molecular complexity index is 306. The first kappa shape index (κ1) is 13.2. The number of esters is 1. The fourth-order valence-corrected chi connectivity index (χ4v) is 10.2. The minimum Gasteiger partial charge on any atom is -0.466 e. The van der Waals surface area contributed by atoms with Gasteiger partial charge in [-0.05, 0) is 13.8 Å². The number of hydrogen-bond acceptors (Lipinski definition) is 5. The van der Waals surface area contributed by atoms with Crippen LogP contribution in [0.5, 0.6) is 0 Å². The molecule has 0 aliphatic carbocycles. The van der Waals surface area contributed by atoms with E-state index < -0.39 is 11.5 Å². The molecule has 3 nitrogen and oxygen atoms in total. The van der Waals surface area contributed by atoms with E-state index in [1.807, 2.05) is 0 Å². The van der Waals surface area contributed by atoms with Gasteiger partial charge in [-0.25, -0.2) is 0 Å². The summed E-state index contributed by atoms with van der Waals surface area (Å²) in [6.07, 6.45) is 0. The molecular weight excluding hydrogens is 251 g/mol. The van der Waals surface area contributed by atoms with Crippen LogP contribution in [0.2, 0.25) is 0 Å². The topological polar surface area (TPSA) is 43.4 Å². The van der Waals surface area contributed by atoms with Crippen molar-refractivity contribution in [2.45, 2.75) is 13.8 Å². The Kier molecular flexibility index (Phi) is 4.81. The van der Waals surface area contributed by atoms with Crippen molar-refractivity contribution in [3.63, 3.8) is 0 Å². The molecule has 1 aliphatic heterocycles. The Labute approximate surface area is 98.3 Å². The molecule has 1 fully saturated rings. The first-order valence-electron chi connectivity index (χ1n) is 4.76. The second-order valence-electron chi connectivity index (χ2n) is 3.13. The van der Waals surface area contributed by atoms with Gasteiger partial charge in [0.05, 0.1) is 12.5 Å². The highest BCUT2D eigenvalue weighted by Crippen LogP contribution is 2.78. The monoisotopic (exact) mass is 266 g/mol. The summed E-state index contributed by atoms with van der Waals surface area (Å²) in [5.41, 5.74) is -2.46. The lowest BCUT2D eigenvalue weighted by Crippen LogP contribution is -2.15. The highest BCUT2D eigenvalue weighted by molar-refractivity contribution is 8.93. The van der Waals surface area contributed by atoms with E-state index in [0.717, 1.165) is 11.5 Å². The second-order valence-corrected chi connectivity index (χ2v) is 11.4. The average molecular weight is 266 g/mol. The third-order valence-electron chi connectivity index (χ3n) is 2.10. The van der Waals surface area contributed by atoms with Crippen molar-refractivity contribution >= 4 is 34.3 Å². The quantitative estimate of drug-likeness (QED) is 0.576. The van der Waals surface area contributed by atoms with Gasteiger partial charge in [0.25, 0.3) is 0 Å². The molecule has 0 aromatic heterocycles. The van der Waals surface area contributed by atoms with Gasteiger partial charge in [-0.3, -0.25) is 9.36 Å². The number of rotatable bonds is 4. The Morgan fingerprint density at radius 3 is 2.53 bits per heavy atom. The first-order chi connectivity index (χ1) is 7.01. The van der Waals surface area contributed by atoms with Gasteiger partial charge in [-0.2, -0.15) is 0 Å². The fraction of sp³-hybridized carbons (Fsp3) is 0.667. The molecule has 0 saturated carbocycles. The van der Waals surface area contributed by atoms with Crippen LogP contribution in [0.3, 0.4) is 0 Å². The molecule has 1 aliphatic rings. The summed E-state index contributed by atoms with van der Waals surface area (Å²) in [6, 6.07) is 0. The van der Waals surface area contributed by atoms with Gasteiger partial charge >= 0.3 is 5.97 Å². The fourth-order valence-electron chi connectivity index (χ4n) is 1.16. The third-order valence-corrected chi connectivity index (χ3v) is 11.3. The van der Waals surface area contributed by atoms with E-state index in [-0.39, 0.29) is 5.97 Å². The van der Waals surface area contributed by atoms with Crippen molar-refractivity contribution in [2.24, 2.45) is 5.92 Å². The lowest BCUT2D eigenvalue weighted by Gasteiger charge is -2.17. The van der Waals surface area contributed by atoms with Gasteiger partial charge in [-0.15, -0.1) is 0 Å². The number of ether oxygens (including phenoxy) is 1. The molecule has 1 saturated heterocycles. The van der Waals surface area contributed by atoms with Crippen LogP contribution < -0.4 is 0 Å². The minimum atomic E-state index is -2.46. The number of carbonyl (C=O) groups excluding carboxylic acids is 1. The molecule has 0 amide bonds. The highest BCUT2D eigenvalue weighted by atomic mass is 33.1. The molecule has 0 radical (unpaired) electrons.